The van der Waals surface area contributed by atoms with Crippen LogP contribution in [0.5, 0.6) is 0 Å². The van der Waals surface area contributed by atoms with Gasteiger partial charge in [-0.1, -0.05) is 41.1 Å². The standard InChI is InChI=1S/C10H11ClN4S2/c11-8-4-2-1-3-7(8)5-16-6-9-14-15-10(13-12)17-9/h1-4H,5-6,12H2,(H,13,15). The minimum Gasteiger partial charge on any atom is -0.298 e. The van der Waals surface area contributed by atoms with Crippen LogP contribution in [0.3, 0.4) is 0 Å². The van der Waals surface area contributed by atoms with Crippen molar-refractivity contribution < 1.29 is 0 Å². The average molecular weight is 287 g/mol. The van der Waals surface area contributed by atoms with Crippen LogP contribution in [-0.2, 0) is 11.5 Å². The quantitative estimate of drug-likeness (QED) is 0.654. The molecule has 17 heavy (non-hydrogen) atoms. The van der Waals surface area contributed by atoms with Crippen LogP contribution in [-0.4, -0.2) is 10.2 Å². The zero-order chi connectivity index (χ0) is 12.1. The number of thioether (sulfide) groups is 1. The van der Waals surface area contributed by atoms with Gasteiger partial charge in [0.2, 0.25) is 5.13 Å². The van der Waals surface area contributed by atoms with E-state index in [1.54, 1.807) is 11.8 Å². The number of nitrogens with zero attached hydrogens (tertiary/aromatic N) is 2. The molecule has 2 aromatic rings. The SMILES string of the molecule is NNc1nnc(CSCc2ccccc2Cl)s1. The molecular formula is C10H11ClN4S2. The fraction of sp³-hybridized carbons (Fsp3) is 0.200. The fourth-order valence-electron chi connectivity index (χ4n) is 1.23. The maximum absolute atomic E-state index is 6.07. The Morgan fingerprint density at radius 2 is 2.12 bits per heavy atom. The third-order valence-corrected chi connectivity index (χ3v) is 4.43. The highest BCUT2D eigenvalue weighted by molar-refractivity contribution is 7.97. The number of hydrazine groups is 1. The zero-order valence-corrected chi connectivity index (χ0v) is 11.3. The van der Waals surface area contributed by atoms with Crippen molar-refractivity contribution in [2.75, 3.05) is 5.43 Å². The number of anilines is 1. The molecule has 90 valence electrons. The Morgan fingerprint density at radius 3 is 2.82 bits per heavy atom. The highest BCUT2D eigenvalue weighted by Gasteiger charge is 2.04. The van der Waals surface area contributed by atoms with Crippen LogP contribution in [0.2, 0.25) is 5.02 Å². The minimum atomic E-state index is 0.637. The number of nitrogens with two attached hydrogens (primary N) is 1. The van der Waals surface area contributed by atoms with Crippen LogP contribution in [0.4, 0.5) is 5.13 Å². The molecule has 1 heterocycles. The molecule has 2 rings (SSSR count). The lowest BCUT2D eigenvalue weighted by atomic mass is 10.2. The number of hydrogen-bond acceptors (Lipinski definition) is 6. The van der Waals surface area contributed by atoms with Gasteiger partial charge in [-0.3, -0.25) is 5.43 Å². The van der Waals surface area contributed by atoms with Crippen LogP contribution in [0.1, 0.15) is 10.6 Å². The summed E-state index contributed by atoms with van der Waals surface area (Å²) in [4.78, 5) is 0. The normalized spacial score (nSPS) is 10.5. The summed E-state index contributed by atoms with van der Waals surface area (Å²) >= 11 is 9.28. The predicted molar refractivity (Wildman–Crippen MR) is 74.2 cm³/mol. The molecule has 0 saturated heterocycles. The average Bonchev–Trinajstić information content (AvgIpc) is 2.80. The smallest absolute Gasteiger partial charge is 0.219 e. The highest BCUT2D eigenvalue weighted by atomic mass is 35.5. The Morgan fingerprint density at radius 1 is 1.29 bits per heavy atom. The third-order valence-electron chi connectivity index (χ3n) is 2.03. The molecule has 0 aliphatic rings. The van der Waals surface area contributed by atoms with Crippen molar-refractivity contribution in [3.63, 3.8) is 0 Å². The van der Waals surface area contributed by atoms with Gasteiger partial charge in [0.25, 0.3) is 0 Å². The van der Waals surface area contributed by atoms with Crippen molar-refractivity contribution in [1.29, 1.82) is 0 Å². The van der Waals surface area contributed by atoms with Gasteiger partial charge in [-0.15, -0.1) is 22.0 Å². The van der Waals surface area contributed by atoms with E-state index < -0.39 is 0 Å². The highest BCUT2D eigenvalue weighted by Crippen LogP contribution is 2.25. The first-order chi connectivity index (χ1) is 8.29. The molecule has 7 heteroatoms. The maximum atomic E-state index is 6.07. The molecule has 1 aromatic heterocycles. The van der Waals surface area contributed by atoms with Gasteiger partial charge in [-0.25, -0.2) is 5.84 Å². The number of benzene rings is 1. The summed E-state index contributed by atoms with van der Waals surface area (Å²) in [5, 5.41) is 10.3. The lowest BCUT2D eigenvalue weighted by Crippen LogP contribution is -2.05. The molecule has 0 atom stereocenters. The molecule has 0 amide bonds. The molecule has 0 bridgehead atoms. The second-order valence-electron chi connectivity index (χ2n) is 3.23. The van der Waals surface area contributed by atoms with Crippen LogP contribution >= 0.6 is 34.7 Å². The second kappa shape index (κ2) is 6.20. The third kappa shape index (κ3) is 3.57. The van der Waals surface area contributed by atoms with Gasteiger partial charge in [0, 0.05) is 16.5 Å². The van der Waals surface area contributed by atoms with E-state index in [-0.39, 0.29) is 0 Å². The molecule has 0 aliphatic heterocycles. The van der Waals surface area contributed by atoms with Crippen molar-refractivity contribution in [3.05, 3.63) is 39.9 Å². The Labute approximate surface area is 113 Å². The first kappa shape index (κ1) is 12.6. The van der Waals surface area contributed by atoms with Crippen molar-refractivity contribution in [2.45, 2.75) is 11.5 Å². The van der Waals surface area contributed by atoms with E-state index in [4.69, 9.17) is 17.4 Å². The first-order valence-corrected chi connectivity index (χ1v) is 7.24. The summed E-state index contributed by atoms with van der Waals surface area (Å²) in [5.41, 5.74) is 3.62. The van der Waals surface area contributed by atoms with Crippen molar-refractivity contribution in [3.8, 4) is 0 Å². The number of nitrogen functional groups attached to an aromatic ring is 1. The molecular weight excluding hydrogens is 276 g/mol. The summed E-state index contributed by atoms with van der Waals surface area (Å²) in [6.45, 7) is 0. The van der Waals surface area contributed by atoms with E-state index in [0.717, 1.165) is 27.1 Å². The Kier molecular flexibility index (Phi) is 4.61. The molecule has 0 spiro atoms. The van der Waals surface area contributed by atoms with Gasteiger partial charge in [0.1, 0.15) is 5.01 Å². The van der Waals surface area contributed by atoms with Crippen molar-refractivity contribution in [2.24, 2.45) is 5.84 Å². The van der Waals surface area contributed by atoms with E-state index in [9.17, 15) is 0 Å². The molecule has 3 N–H and O–H groups in total. The van der Waals surface area contributed by atoms with E-state index >= 15 is 0 Å². The van der Waals surface area contributed by atoms with Crippen molar-refractivity contribution in [1.82, 2.24) is 10.2 Å². The lowest BCUT2D eigenvalue weighted by Gasteiger charge is -2.01. The Balaban J connectivity index is 1.85. The minimum absolute atomic E-state index is 0.637. The molecule has 0 saturated carbocycles. The van der Waals surface area contributed by atoms with E-state index in [1.165, 1.54) is 11.3 Å². The number of aromatic nitrogens is 2. The van der Waals surface area contributed by atoms with Crippen LogP contribution in [0, 0.1) is 0 Å². The van der Waals surface area contributed by atoms with Crippen LogP contribution in [0.25, 0.3) is 0 Å². The van der Waals surface area contributed by atoms with Crippen molar-refractivity contribution >= 4 is 39.8 Å². The maximum Gasteiger partial charge on any atom is 0.219 e. The van der Waals surface area contributed by atoms with Gasteiger partial charge in [0.15, 0.2) is 0 Å². The Bertz CT molecular complexity index is 489. The van der Waals surface area contributed by atoms with Crippen LogP contribution < -0.4 is 11.3 Å². The summed E-state index contributed by atoms with van der Waals surface area (Å²) in [5.74, 6) is 6.91. The summed E-state index contributed by atoms with van der Waals surface area (Å²) in [7, 11) is 0. The van der Waals surface area contributed by atoms with Crippen LogP contribution in [0.15, 0.2) is 24.3 Å². The largest absolute Gasteiger partial charge is 0.298 e. The monoisotopic (exact) mass is 286 g/mol. The Hall–Kier alpha value is -0.820. The van der Waals surface area contributed by atoms with Gasteiger partial charge in [-0.2, -0.15) is 0 Å². The second-order valence-corrected chi connectivity index (χ2v) is 5.68. The topological polar surface area (TPSA) is 63.8 Å². The van der Waals surface area contributed by atoms with E-state index in [1.807, 2.05) is 24.3 Å². The molecule has 0 fully saturated rings. The molecule has 1 aromatic carbocycles. The van der Waals surface area contributed by atoms with Gasteiger partial charge in [0.05, 0.1) is 0 Å². The number of halogens is 1. The number of nitrogens with one attached hydrogen (secondary N) is 1. The summed E-state index contributed by atoms with van der Waals surface area (Å²) in [6, 6.07) is 7.85. The predicted octanol–water partition coefficient (Wildman–Crippen LogP) is 2.91. The lowest BCUT2D eigenvalue weighted by molar-refractivity contribution is 1.03. The van der Waals surface area contributed by atoms with E-state index in [0.29, 0.717) is 5.13 Å². The molecule has 0 unspecified atom stereocenters. The number of rotatable bonds is 5. The molecule has 4 nitrogen and oxygen atoms in total. The van der Waals surface area contributed by atoms with E-state index in [2.05, 4.69) is 15.6 Å². The fourth-order valence-corrected chi connectivity index (χ4v) is 3.25. The summed E-state index contributed by atoms with van der Waals surface area (Å²) < 4.78 is 0. The van der Waals surface area contributed by atoms with Gasteiger partial charge < -0.3 is 0 Å². The molecule has 0 radical (unpaired) electrons. The first-order valence-electron chi connectivity index (χ1n) is 4.89. The van der Waals surface area contributed by atoms with Gasteiger partial charge in [-0.05, 0) is 11.6 Å². The number of hydrogen-bond donors (Lipinski definition) is 2. The zero-order valence-electron chi connectivity index (χ0n) is 8.89. The molecule has 0 aliphatic carbocycles. The summed E-state index contributed by atoms with van der Waals surface area (Å²) in [6.07, 6.45) is 0. The van der Waals surface area contributed by atoms with Gasteiger partial charge >= 0.3 is 0 Å².